The standard InChI is InChI=1S/C53H54N4P2/c1-54(2)40-16-13-17-44(29-22-40)58(45-30-23-41(24-31-45)55(3)4)50-36-20-38-14-9-11-18-48(38)52(50)53-49-19-12-10-15-39(49)21-37-51(53)59(46-32-25-42(26-33-46)56(5)6)47-34-27-43(28-35-47)57(7)8/h9-16,18-27,29-34,36-37H,28,35H2,1-8H3/t58?,59-/m0/s1. The number of benzene rings is 6. The second kappa shape index (κ2) is 17.3. The molecule has 0 bridgehead atoms. The molecule has 0 saturated carbocycles. The van der Waals surface area contributed by atoms with Crippen LogP contribution in [0.5, 0.6) is 0 Å². The second-order valence-corrected chi connectivity index (χ2v) is 20.5. The van der Waals surface area contributed by atoms with Crippen LogP contribution in [0.2, 0.25) is 0 Å². The van der Waals surface area contributed by atoms with Crippen molar-refractivity contribution in [1.82, 2.24) is 9.80 Å². The molecule has 0 spiro atoms. The Bertz CT molecular complexity index is 2710. The van der Waals surface area contributed by atoms with E-state index in [1.54, 1.807) is 0 Å². The first-order chi connectivity index (χ1) is 28.6. The lowest BCUT2D eigenvalue weighted by Gasteiger charge is -2.31. The minimum absolute atomic E-state index is 0.917. The minimum atomic E-state index is -1.07. The maximum absolute atomic E-state index is 3.81. The molecule has 296 valence electrons. The van der Waals surface area contributed by atoms with Crippen LogP contribution in [0.4, 0.5) is 11.4 Å². The number of hydrogen-bond acceptors (Lipinski definition) is 4. The van der Waals surface area contributed by atoms with Crippen LogP contribution in [0, 0.1) is 0 Å². The van der Waals surface area contributed by atoms with Gasteiger partial charge >= 0.3 is 0 Å². The minimum Gasteiger partial charge on any atom is -0.381 e. The smallest absolute Gasteiger partial charge is 0.0367 e. The van der Waals surface area contributed by atoms with Crippen LogP contribution in [-0.2, 0) is 0 Å². The lowest BCUT2D eigenvalue weighted by molar-refractivity contribution is 0.485. The highest BCUT2D eigenvalue weighted by atomic mass is 31.1. The topological polar surface area (TPSA) is 13.0 Å². The van der Waals surface area contributed by atoms with Gasteiger partial charge in [-0.15, -0.1) is 5.73 Å². The molecule has 2 aliphatic carbocycles. The van der Waals surface area contributed by atoms with Crippen LogP contribution in [0.15, 0.2) is 186 Å². The van der Waals surface area contributed by atoms with Crippen molar-refractivity contribution in [3.05, 3.63) is 186 Å². The van der Waals surface area contributed by atoms with Gasteiger partial charge in [0.05, 0.1) is 0 Å². The van der Waals surface area contributed by atoms with E-state index < -0.39 is 15.8 Å². The first-order valence-electron chi connectivity index (χ1n) is 20.4. The summed E-state index contributed by atoms with van der Waals surface area (Å²) in [7, 11) is 15.0. The Morgan fingerprint density at radius 3 is 1.47 bits per heavy atom. The fourth-order valence-electron chi connectivity index (χ4n) is 8.18. The highest BCUT2D eigenvalue weighted by molar-refractivity contribution is 7.78. The maximum Gasteiger partial charge on any atom is 0.0367 e. The third-order valence-electron chi connectivity index (χ3n) is 11.4. The summed E-state index contributed by atoms with van der Waals surface area (Å²) < 4.78 is 0. The van der Waals surface area contributed by atoms with Gasteiger partial charge in [0.15, 0.2) is 0 Å². The number of hydrogen-bond donors (Lipinski definition) is 0. The van der Waals surface area contributed by atoms with E-state index in [2.05, 4.69) is 239 Å². The summed E-state index contributed by atoms with van der Waals surface area (Å²) in [6.45, 7) is 0. The molecule has 0 saturated heterocycles. The summed E-state index contributed by atoms with van der Waals surface area (Å²) >= 11 is 0. The predicted molar refractivity (Wildman–Crippen MR) is 262 cm³/mol. The van der Waals surface area contributed by atoms with Crippen LogP contribution in [0.1, 0.15) is 12.8 Å². The Morgan fingerprint density at radius 1 is 0.458 bits per heavy atom. The number of allylic oxidation sites excluding steroid dienone is 8. The molecule has 4 nitrogen and oxygen atoms in total. The molecule has 2 atom stereocenters. The first kappa shape index (κ1) is 40.2. The highest BCUT2D eigenvalue weighted by Crippen LogP contribution is 2.53. The molecule has 6 heteroatoms. The lowest BCUT2D eigenvalue weighted by atomic mass is 9.93. The highest BCUT2D eigenvalue weighted by Gasteiger charge is 2.30. The van der Waals surface area contributed by atoms with Gasteiger partial charge in [-0.3, -0.25) is 0 Å². The normalized spacial score (nSPS) is 14.8. The fraction of sp³-hybridized carbons (Fsp3) is 0.189. The van der Waals surface area contributed by atoms with Gasteiger partial charge in [-0.05, 0) is 143 Å². The number of anilines is 2. The van der Waals surface area contributed by atoms with Gasteiger partial charge in [0, 0.05) is 84.5 Å². The summed E-state index contributed by atoms with van der Waals surface area (Å²) in [6.07, 6.45) is 15.7. The monoisotopic (exact) mass is 808 g/mol. The maximum atomic E-state index is 3.81. The van der Waals surface area contributed by atoms with Crippen molar-refractivity contribution in [2.45, 2.75) is 12.8 Å². The molecule has 6 aromatic rings. The van der Waals surface area contributed by atoms with Crippen LogP contribution >= 0.6 is 15.8 Å². The van der Waals surface area contributed by atoms with Gasteiger partial charge in [0.1, 0.15) is 0 Å². The van der Waals surface area contributed by atoms with Crippen molar-refractivity contribution in [2.75, 3.05) is 66.2 Å². The molecule has 0 aliphatic heterocycles. The second-order valence-electron chi connectivity index (χ2n) is 16.1. The van der Waals surface area contributed by atoms with E-state index in [4.69, 9.17) is 0 Å². The molecule has 1 unspecified atom stereocenters. The molecule has 6 aromatic carbocycles. The number of rotatable bonds is 11. The molecule has 0 aromatic heterocycles. The van der Waals surface area contributed by atoms with Gasteiger partial charge < -0.3 is 19.6 Å². The van der Waals surface area contributed by atoms with Gasteiger partial charge in [-0.2, -0.15) is 0 Å². The van der Waals surface area contributed by atoms with E-state index in [-0.39, 0.29) is 0 Å². The number of fused-ring (bicyclic) bond motifs is 2. The number of nitrogens with zero attached hydrogens (tertiary/aromatic N) is 4. The largest absolute Gasteiger partial charge is 0.381 e. The molecule has 59 heavy (non-hydrogen) atoms. The zero-order chi connectivity index (χ0) is 41.2. The average molecular weight is 809 g/mol. The third kappa shape index (κ3) is 8.19. The van der Waals surface area contributed by atoms with E-state index in [1.807, 2.05) is 0 Å². The van der Waals surface area contributed by atoms with Crippen molar-refractivity contribution in [3.63, 3.8) is 0 Å². The van der Waals surface area contributed by atoms with E-state index >= 15 is 0 Å². The quantitative estimate of drug-likeness (QED) is 0.0955. The number of likely N-dealkylation sites (N-methyl/N-ethyl adjacent to an activating group) is 1. The van der Waals surface area contributed by atoms with E-state index in [0.717, 1.165) is 18.5 Å². The van der Waals surface area contributed by atoms with Crippen molar-refractivity contribution in [3.8, 4) is 11.1 Å². The van der Waals surface area contributed by atoms with Gasteiger partial charge in [-0.1, -0.05) is 103 Å². The van der Waals surface area contributed by atoms with Crippen molar-refractivity contribution < 1.29 is 0 Å². The van der Waals surface area contributed by atoms with E-state index in [9.17, 15) is 0 Å². The Balaban J connectivity index is 1.47. The molecule has 0 heterocycles. The van der Waals surface area contributed by atoms with Crippen LogP contribution in [-0.4, -0.2) is 66.2 Å². The van der Waals surface area contributed by atoms with E-state index in [0.29, 0.717) is 0 Å². The van der Waals surface area contributed by atoms with Gasteiger partial charge in [0.25, 0.3) is 0 Å². The summed E-state index contributed by atoms with van der Waals surface area (Å²) in [5, 5.41) is 13.2. The van der Waals surface area contributed by atoms with Crippen LogP contribution in [0.3, 0.4) is 0 Å². The zero-order valence-corrected chi connectivity index (χ0v) is 37.4. The summed E-state index contributed by atoms with van der Waals surface area (Å²) in [6, 6.07) is 46.2. The average Bonchev–Trinajstić information content (AvgIpc) is 3.51. The van der Waals surface area contributed by atoms with Gasteiger partial charge in [0.2, 0.25) is 0 Å². The fourth-order valence-corrected chi connectivity index (χ4v) is 13.2. The van der Waals surface area contributed by atoms with Crippen molar-refractivity contribution in [1.29, 1.82) is 0 Å². The molecule has 0 amide bonds. The molecule has 2 aliphatic rings. The molecule has 0 fully saturated rings. The third-order valence-corrected chi connectivity index (χ3v) is 16.5. The van der Waals surface area contributed by atoms with Gasteiger partial charge in [-0.25, -0.2) is 0 Å². The molecule has 8 rings (SSSR count). The molecule has 0 N–H and O–H groups in total. The first-order valence-corrected chi connectivity index (χ1v) is 23.1. The van der Waals surface area contributed by atoms with E-state index in [1.165, 1.54) is 81.6 Å². The Kier molecular flexibility index (Phi) is 11.8. The summed E-state index contributed by atoms with van der Waals surface area (Å²) in [4.78, 5) is 8.80. The lowest BCUT2D eigenvalue weighted by Crippen LogP contribution is -2.22. The van der Waals surface area contributed by atoms with Crippen LogP contribution < -0.4 is 31.0 Å². The van der Waals surface area contributed by atoms with Crippen molar-refractivity contribution in [2.24, 2.45) is 0 Å². The molecular formula is C53H54N4P2. The SMILES string of the molecule is CN(C)C1=CC=C=C(P(c2ccc(N(C)C)cc2)c2ccc3ccccc3c2-c2c([P@](C3=CC=C(N(C)C)CC3)c3ccc(N(C)C)cc3)ccc3ccccc23)C=C1. The summed E-state index contributed by atoms with van der Waals surface area (Å²) in [5.41, 5.74) is 11.4. The summed E-state index contributed by atoms with van der Waals surface area (Å²) in [5.74, 6) is 0. The predicted octanol–water partition coefficient (Wildman–Crippen LogP) is 10.8. The Morgan fingerprint density at radius 2 is 0.983 bits per heavy atom. The zero-order valence-electron chi connectivity index (χ0n) is 35.6. The molecule has 0 radical (unpaired) electrons. The van der Waals surface area contributed by atoms with Crippen molar-refractivity contribution >= 4 is 70.0 Å². The molecular weight excluding hydrogens is 755 g/mol. The van der Waals surface area contributed by atoms with Crippen LogP contribution in [0.25, 0.3) is 32.7 Å². The Labute approximate surface area is 354 Å². The Hall–Kier alpha value is -5.62.